The third-order valence-corrected chi connectivity index (χ3v) is 17.7. The van der Waals surface area contributed by atoms with Crippen LogP contribution in [0.5, 0.6) is 0 Å². The highest BCUT2D eigenvalue weighted by molar-refractivity contribution is 5.76. The highest BCUT2D eigenvalue weighted by Gasteiger charge is 2.18. The summed E-state index contributed by atoms with van der Waals surface area (Å²) in [5, 5.41) is 23.3. The fourth-order valence-electron chi connectivity index (χ4n) is 11.9. The third-order valence-electron chi connectivity index (χ3n) is 17.7. The number of aliphatic hydroxyl groups is 2. The Morgan fingerprint density at radius 2 is 0.602 bits per heavy atom. The number of allylic oxidation sites excluding steroid dienone is 5. The molecule has 0 saturated carbocycles. The van der Waals surface area contributed by atoms with Gasteiger partial charge in [0.1, 0.15) is 0 Å². The largest absolute Gasteiger partial charge is 0.466 e. The van der Waals surface area contributed by atoms with Crippen molar-refractivity contribution in [2.75, 3.05) is 13.2 Å². The summed E-state index contributed by atoms with van der Waals surface area (Å²) in [6, 6.07) is -0.631. The van der Waals surface area contributed by atoms with Gasteiger partial charge in [0.2, 0.25) is 5.91 Å². The van der Waals surface area contributed by atoms with Gasteiger partial charge < -0.3 is 20.3 Å². The quantitative estimate of drug-likeness (QED) is 0.0320. The first-order valence-corrected chi connectivity index (χ1v) is 37.8. The second-order valence-electron chi connectivity index (χ2n) is 26.0. The second-order valence-corrected chi connectivity index (χ2v) is 26.0. The number of unbranched alkanes of at least 4 members (excludes halogenated alkanes) is 56. The fourth-order valence-corrected chi connectivity index (χ4v) is 11.9. The van der Waals surface area contributed by atoms with Gasteiger partial charge in [-0.05, 0) is 64.2 Å². The Kier molecular flexibility index (Phi) is 70.9. The van der Waals surface area contributed by atoms with Crippen molar-refractivity contribution in [2.45, 2.75) is 431 Å². The lowest BCUT2D eigenvalue weighted by Crippen LogP contribution is -2.45. The van der Waals surface area contributed by atoms with E-state index in [1.165, 1.54) is 347 Å². The van der Waals surface area contributed by atoms with E-state index in [2.05, 4.69) is 43.5 Å². The van der Waals surface area contributed by atoms with Crippen molar-refractivity contribution in [3.8, 4) is 0 Å². The van der Waals surface area contributed by atoms with Crippen LogP contribution in [0.1, 0.15) is 418 Å². The lowest BCUT2D eigenvalue weighted by atomic mass is 10.0. The van der Waals surface area contributed by atoms with E-state index >= 15 is 0 Å². The Labute approximate surface area is 519 Å². The van der Waals surface area contributed by atoms with E-state index in [4.69, 9.17) is 4.74 Å². The number of hydrogen-bond donors (Lipinski definition) is 3. The molecular weight excluding hydrogens is 1020 g/mol. The zero-order valence-corrected chi connectivity index (χ0v) is 56.2. The van der Waals surface area contributed by atoms with Gasteiger partial charge in [-0.2, -0.15) is 0 Å². The van der Waals surface area contributed by atoms with E-state index in [-0.39, 0.29) is 18.5 Å². The molecule has 3 N–H and O–H groups in total. The average molecular weight is 1170 g/mol. The molecule has 0 aliphatic heterocycles. The van der Waals surface area contributed by atoms with Gasteiger partial charge in [-0.15, -0.1) is 0 Å². The molecule has 0 aliphatic carbocycles. The standard InChI is InChI=1S/C77H147NO5/c1-3-5-7-9-11-13-15-17-18-19-20-21-22-28-31-34-37-40-43-46-49-53-57-61-65-69-75(80)74(73-79)78-76(81)70-66-62-58-54-50-47-44-41-38-35-32-29-26-24-23-25-27-30-33-36-39-42-45-48-52-56-60-64-68-72-83-77(82)71-67-63-59-55-51-16-14-12-10-8-6-4-2/h23,25,30,33,65,69,74-75,79-80H,3-22,24,26-29,31-32,34-64,66-68,70-73H2,1-2H3,(H,78,81)/b25-23-,33-30-,69-65+. The molecule has 0 fully saturated rings. The topological polar surface area (TPSA) is 95.9 Å². The summed E-state index contributed by atoms with van der Waals surface area (Å²) in [6.07, 6.45) is 93.9. The normalized spacial score (nSPS) is 12.7. The molecule has 0 aromatic rings. The van der Waals surface area contributed by atoms with Gasteiger partial charge in [-0.3, -0.25) is 9.59 Å². The highest BCUT2D eigenvalue weighted by Crippen LogP contribution is 2.19. The van der Waals surface area contributed by atoms with Crippen LogP contribution in [0.3, 0.4) is 0 Å². The van der Waals surface area contributed by atoms with Crippen LogP contribution in [0.25, 0.3) is 0 Å². The zero-order chi connectivity index (χ0) is 59.9. The van der Waals surface area contributed by atoms with Crippen molar-refractivity contribution in [3.63, 3.8) is 0 Å². The lowest BCUT2D eigenvalue weighted by molar-refractivity contribution is -0.143. The van der Waals surface area contributed by atoms with Crippen LogP contribution in [0, 0.1) is 0 Å². The molecule has 0 spiro atoms. The molecule has 0 saturated heterocycles. The molecule has 490 valence electrons. The third kappa shape index (κ3) is 69.1. The first-order valence-electron chi connectivity index (χ1n) is 37.8. The molecule has 0 heterocycles. The van der Waals surface area contributed by atoms with Crippen molar-refractivity contribution < 1.29 is 24.5 Å². The first kappa shape index (κ1) is 81.1. The Morgan fingerprint density at radius 3 is 0.916 bits per heavy atom. The highest BCUT2D eigenvalue weighted by atomic mass is 16.5. The Bertz CT molecular complexity index is 1340. The molecule has 0 rings (SSSR count). The van der Waals surface area contributed by atoms with E-state index in [1.807, 2.05) is 6.08 Å². The van der Waals surface area contributed by atoms with Crippen molar-refractivity contribution in [1.29, 1.82) is 0 Å². The van der Waals surface area contributed by atoms with Gasteiger partial charge in [-0.1, -0.05) is 378 Å². The second kappa shape index (κ2) is 72.6. The first-order chi connectivity index (χ1) is 41.0. The summed E-state index contributed by atoms with van der Waals surface area (Å²) in [5.41, 5.74) is 0. The van der Waals surface area contributed by atoms with Gasteiger partial charge in [0.25, 0.3) is 0 Å². The van der Waals surface area contributed by atoms with Gasteiger partial charge in [0, 0.05) is 12.8 Å². The maximum absolute atomic E-state index is 12.5. The van der Waals surface area contributed by atoms with E-state index in [9.17, 15) is 19.8 Å². The monoisotopic (exact) mass is 1170 g/mol. The fraction of sp³-hybridized carbons (Fsp3) is 0.896. The molecule has 2 unspecified atom stereocenters. The molecule has 83 heavy (non-hydrogen) atoms. The van der Waals surface area contributed by atoms with Gasteiger partial charge >= 0.3 is 5.97 Å². The molecule has 1 amide bonds. The van der Waals surface area contributed by atoms with Crippen LogP contribution in [0.15, 0.2) is 36.5 Å². The van der Waals surface area contributed by atoms with E-state index in [0.29, 0.717) is 19.4 Å². The zero-order valence-electron chi connectivity index (χ0n) is 56.2. The van der Waals surface area contributed by atoms with Crippen LogP contribution >= 0.6 is 0 Å². The van der Waals surface area contributed by atoms with Gasteiger partial charge in [0.05, 0.1) is 25.4 Å². The Balaban J connectivity index is 3.43. The summed E-state index contributed by atoms with van der Waals surface area (Å²) in [7, 11) is 0. The van der Waals surface area contributed by atoms with Crippen LogP contribution < -0.4 is 5.32 Å². The number of nitrogens with one attached hydrogen (secondary N) is 1. The molecule has 2 atom stereocenters. The van der Waals surface area contributed by atoms with Crippen molar-refractivity contribution >= 4 is 11.9 Å². The molecule has 0 bridgehead atoms. The number of amides is 1. The molecule has 0 aliphatic rings. The van der Waals surface area contributed by atoms with Crippen LogP contribution in [0.4, 0.5) is 0 Å². The summed E-state index contributed by atoms with van der Waals surface area (Å²) in [6.45, 7) is 4.94. The Morgan fingerprint density at radius 1 is 0.337 bits per heavy atom. The minimum atomic E-state index is -0.847. The van der Waals surface area contributed by atoms with Crippen LogP contribution in [-0.2, 0) is 14.3 Å². The van der Waals surface area contributed by atoms with Gasteiger partial charge in [-0.25, -0.2) is 0 Å². The molecule has 6 heteroatoms. The van der Waals surface area contributed by atoms with E-state index in [1.54, 1.807) is 6.08 Å². The predicted octanol–water partition coefficient (Wildman–Crippen LogP) is 24.7. The minimum absolute atomic E-state index is 0.0130. The molecule has 0 radical (unpaired) electrons. The van der Waals surface area contributed by atoms with Crippen LogP contribution in [0.2, 0.25) is 0 Å². The summed E-state index contributed by atoms with van der Waals surface area (Å²) in [5.74, 6) is -0.0514. The molecule has 6 nitrogen and oxygen atoms in total. The number of carbonyl (C=O) groups excluding carboxylic acids is 2. The molecule has 0 aromatic carbocycles. The molecule has 0 aromatic heterocycles. The van der Waals surface area contributed by atoms with E-state index < -0.39 is 12.1 Å². The maximum atomic E-state index is 12.5. The van der Waals surface area contributed by atoms with Crippen molar-refractivity contribution in [3.05, 3.63) is 36.5 Å². The summed E-state index contributed by atoms with van der Waals surface area (Å²) in [4.78, 5) is 24.6. The Hall–Kier alpha value is -1.92. The average Bonchev–Trinajstić information content (AvgIpc) is 3.49. The summed E-state index contributed by atoms with van der Waals surface area (Å²) < 4.78 is 5.48. The van der Waals surface area contributed by atoms with Crippen molar-refractivity contribution in [1.82, 2.24) is 5.32 Å². The maximum Gasteiger partial charge on any atom is 0.305 e. The predicted molar refractivity (Wildman–Crippen MR) is 366 cm³/mol. The van der Waals surface area contributed by atoms with E-state index in [0.717, 1.165) is 44.9 Å². The minimum Gasteiger partial charge on any atom is -0.466 e. The number of ether oxygens (including phenoxy) is 1. The number of hydrogen-bond acceptors (Lipinski definition) is 5. The van der Waals surface area contributed by atoms with Crippen molar-refractivity contribution in [2.24, 2.45) is 0 Å². The van der Waals surface area contributed by atoms with Gasteiger partial charge in [0.15, 0.2) is 0 Å². The number of aliphatic hydroxyl groups excluding tert-OH is 2. The smallest absolute Gasteiger partial charge is 0.305 e. The summed E-state index contributed by atoms with van der Waals surface area (Å²) >= 11 is 0. The number of rotatable bonds is 71. The SMILES string of the molecule is CCCCCCCCCCCCCCCCCCCCCCCCC/C=C/C(O)C(CO)NC(=O)CCCCCCCCCCCCCCC/C=C\C/C=C\CCCCCCCCCCCOC(=O)CCCCCCCCCCCCCC. The molecular formula is C77H147NO5. The van der Waals surface area contributed by atoms with Crippen LogP contribution in [-0.4, -0.2) is 47.4 Å². The number of carbonyl (C=O) groups is 2. The lowest BCUT2D eigenvalue weighted by Gasteiger charge is -2.20. The number of esters is 1.